The van der Waals surface area contributed by atoms with Gasteiger partial charge < -0.3 is 10.4 Å². The SMILES string of the molecule is Cc1ccc([C@]2(O)CCNC2)cc1. The van der Waals surface area contributed by atoms with Gasteiger partial charge in [-0.1, -0.05) is 29.8 Å². The van der Waals surface area contributed by atoms with Gasteiger partial charge in [-0.3, -0.25) is 0 Å². The van der Waals surface area contributed by atoms with Crippen molar-refractivity contribution in [3.63, 3.8) is 0 Å². The summed E-state index contributed by atoms with van der Waals surface area (Å²) in [7, 11) is 0. The molecule has 2 heteroatoms. The second-order valence-electron chi connectivity index (χ2n) is 3.82. The van der Waals surface area contributed by atoms with Gasteiger partial charge in [0, 0.05) is 6.54 Å². The topological polar surface area (TPSA) is 32.3 Å². The van der Waals surface area contributed by atoms with Gasteiger partial charge in [0.15, 0.2) is 0 Å². The zero-order chi connectivity index (χ0) is 9.31. The molecule has 1 fully saturated rings. The molecular weight excluding hydrogens is 162 g/mol. The van der Waals surface area contributed by atoms with Crippen LogP contribution in [0.3, 0.4) is 0 Å². The van der Waals surface area contributed by atoms with Crippen LogP contribution in [-0.2, 0) is 5.60 Å². The Morgan fingerprint density at radius 3 is 2.54 bits per heavy atom. The standard InChI is InChI=1S/C11H15NO/c1-9-2-4-10(5-3-9)11(13)6-7-12-8-11/h2-5,12-13H,6-8H2,1H3/t11-/m0/s1. The quantitative estimate of drug-likeness (QED) is 0.675. The number of aliphatic hydroxyl groups is 1. The molecule has 0 aromatic heterocycles. The van der Waals surface area contributed by atoms with E-state index in [2.05, 4.69) is 12.2 Å². The first-order chi connectivity index (χ1) is 6.21. The van der Waals surface area contributed by atoms with Crippen LogP contribution in [0.2, 0.25) is 0 Å². The summed E-state index contributed by atoms with van der Waals surface area (Å²) < 4.78 is 0. The zero-order valence-corrected chi connectivity index (χ0v) is 7.88. The molecule has 1 aromatic rings. The maximum atomic E-state index is 10.2. The van der Waals surface area contributed by atoms with E-state index < -0.39 is 5.60 Å². The number of rotatable bonds is 1. The van der Waals surface area contributed by atoms with Crippen LogP contribution in [0.15, 0.2) is 24.3 Å². The van der Waals surface area contributed by atoms with Crippen molar-refractivity contribution in [2.45, 2.75) is 18.9 Å². The molecule has 2 rings (SSSR count). The summed E-state index contributed by atoms with van der Waals surface area (Å²) in [5.41, 5.74) is 1.63. The molecule has 1 saturated heterocycles. The summed E-state index contributed by atoms with van der Waals surface area (Å²) in [6.45, 7) is 3.64. The Bertz CT molecular complexity index is 285. The van der Waals surface area contributed by atoms with Crippen molar-refractivity contribution in [3.8, 4) is 0 Å². The van der Waals surface area contributed by atoms with E-state index in [-0.39, 0.29) is 0 Å². The van der Waals surface area contributed by atoms with E-state index in [1.54, 1.807) is 0 Å². The van der Waals surface area contributed by atoms with Crippen molar-refractivity contribution in [2.75, 3.05) is 13.1 Å². The lowest BCUT2D eigenvalue weighted by Gasteiger charge is -2.21. The molecule has 1 aliphatic rings. The average Bonchev–Trinajstić information content (AvgIpc) is 2.54. The molecule has 0 saturated carbocycles. The largest absolute Gasteiger partial charge is 0.384 e. The Morgan fingerprint density at radius 1 is 1.31 bits per heavy atom. The first kappa shape index (κ1) is 8.73. The lowest BCUT2D eigenvalue weighted by Crippen LogP contribution is -2.28. The van der Waals surface area contributed by atoms with Gasteiger partial charge >= 0.3 is 0 Å². The summed E-state index contributed by atoms with van der Waals surface area (Å²) in [5.74, 6) is 0. The molecule has 0 spiro atoms. The van der Waals surface area contributed by atoms with E-state index in [0.717, 1.165) is 18.5 Å². The highest BCUT2D eigenvalue weighted by Crippen LogP contribution is 2.27. The summed E-state index contributed by atoms with van der Waals surface area (Å²) in [4.78, 5) is 0. The van der Waals surface area contributed by atoms with Gasteiger partial charge in [0.25, 0.3) is 0 Å². The Hall–Kier alpha value is -0.860. The second-order valence-corrected chi connectivity index (χ2v) is 3.82. The van der Waals surface area contributed by atoms with Crippen LogP contribution in [0.25, 0.3) is 0 Å². The first-order valence-electron chi connectivity index (χ1n) is 4.71. The van der Waals surface area contributed by atoms with Gasteiger partial charge in [0.2, 0.25) is 0 Å². The monoisotopic (exact) mass is 177 g/mol. The maximum absolute atomic E-state index is 10.2. The highest BCUT2D eigenvalue weighted by atomic mass is 16.3. The van der Waals surface area contributed by atoms with E-state index in [1.807, 2.05) is 24.3 Å². The van der Waals surface area contributed by atoms with Crippen LogP contribution in [-0.4, -0.2) is 18.2 Å². The second kappa shape index (κ2) is 3.13. The van der Waals surface area contributed by atoms with Crippen molar-refractivity contribution in [1.29, 1.82) is 0 Å². The van der Waals surface area contributed by atoms with E-state index in [4.69, 9.17) is 0 Å². The predicted octanol–water partition coefficient (Wildman–Crippen LogP) is 1.18. The lowest BCUT2D eigenvalue weighted by atomic mass is 9.92. The number of benzene rings is 1. The molecule has 70 valence electrons. The molecule has 2 nitrogen and oxygen atoms in total. The van der Waals surface area contributed by atoms with E-state index in [9.17, 15) is 5.11 Å². The minimum Gasteiger partial charge on any atom is -0.384 e. The molecule has 0 radical (unpaired) electrons. The van der Waals surface area contributed by atoms with Crippen molar-refractivity contribution < 1.29 is 5.11 Å². The van der Waals surface area contributed by atoms with Crippen LogP contribution in [0.1, 0.15) is 17.5 Å². The Kier molecular flexibility index (Phi) is 2.10. The minimum absolute atomic E-state index is 0.631. The third-order valence-electron chi connectivity index (χ3n) is 2.72. The van der Waals surface area contributed by atoms with Gasteiger partial charge in [-0.25, -0.2) is 0 Å². The molecule has 1 heterocycles. The molecule has 0 bridgehead atoms. The average molecular weight is 177 g/mol. The number of hydrogen-bond donors (Lipinski definition) is 2. The molecule has 0 aliphatic carbocycles. The molecular formula is C11H15NO. The lowest BCUT2D eigenvalue weighted by molar-refractivity contribution is 0.0587. The Morgan fingerprint density at radius 2 is 2.00 bits per heavy atom. The van der Waals surface area contributed by atoms with Crippen LogP contribution < -0.4 is 5.32 Å². The van der Waals surface area contributed by atoms with Gasteiger partial charge in [0.1, 0.15) is 5.60 Å². The van der Waals surface area contributed by atoms with Crippen LogP contribution >= 0.6 is 0 Å². The highest BCUT2D eigenvalue weighted by Gasteiger charge is 2.32. The fraction of sp³-hybridized carbons (Fsp3) is 0.455. The van der Waals surface area contributed by atoms with Gasteiger partial charge in [-0.2, -0.15) is 0 Å². The minimum atomic E-state index is -0.631. The van der Waals surface area contributed by atoms with E-state index >= 15 is 0 Å². The predicted molar refractivity (Wildman–Crippen MR) is 52.6 cm³/mol. The van der Waals surface area contributed by atoms with Crippen molar-refractivity contribution in [1.82, 2.24) is 5.32 Å². The van der Waals surface area contributed by atoms with Crippen molar-refractivity contribution >= 4 is 0 Å². The molecule has 1 aliphatic heterocycles. The summed E-state index contributed by atoms with van der Waals surface area (Å²) in [6, 6.07) is 8.13. The zero-order valence-electron chi connectivity index (χ0n) is 7.88. The van der Waals surface area contributed by atoms with Crippen molar-refractivity contribution in [3.05, 3.63) is 35.4 Å². The number of nitrogens with one attached hydrogen (secondary N) is 1. The number of aryl methyl sites for hydroxylation is 1. The number of hydrogen-bond acceptors (Lipinski definition) is 2. The normalized spacial score (nSPS) is 27.8. The molecule has 0 unspecified atom stereocenters. The van der Waals surface area contributed by atoms with E-state index in [0.29, 0.717) is 6.54 Å². The van der Waals surface area contributed by atoms with Gasteiger partial charge in [0.05, 0.1) is 0 Å². The van der Waals surface area contributed by atoms with Crippen LogP contribution in [0, 0.1) is 6.92 Å². The molecule has 13 heavy (non-hydrogen) atoms. The van der Waals surface area contributed by atoms with Gasteiger partial charge in [-0.15, -0.1) is 0 Å². The highest BCUT2D eigenvalue weighted by molar-refractivity contribution is 5.27. The summed E-state index contributed by atoms with van der Waals surface area (Å²) in [5, 5.41) is 13.4. The Labute approximate surface area is 78.6 Å². The Balaban J connectivity index is 2.29. The third kappa shape index (κ3) is 1.60. The third-order valence-corrected chi connectivity index (χ3v) is 2.72. The van der Waals surface area contributed by atoms with Gasteiger partial charge in [-0.05, 0) is 25.5 Å². The fourth-order valence-electron chi connectivity index (χ4n) is 1.79. The molecule has 1 atom stereocenters. The first-order valence-corrected chi connectivity index (χ1v) is 4.71. The fourth-order valence-corrected chi connectivity index (χ4v) is 1.79. The summed E-state index contributed by atoms with van der Waals surface area (Å²) >= 11 is 0. The summed E-state index contributed by atoms with van der Waals surface area (Å²) in [6.07, 6.45) is 0.816. The molecule has 0 amide bonds. The number of β-amino-alcohol motifs (C(OH)–C–C–N with tert-alkyl or cyclic N) is 1. The molecule has 2 N–H and O–H groups in total. The maximum Gasteiger partial charge on any atom is 0.103 e. The van der Waals surface area contributed by atoms with Crippen LogP contribution in [0.5, 0.6) is 0 Å². The molecule has 1 aromatic carbocycles. The van der Waals surface area contributed by atoms with Crippen molar-refractivity contribution in [2.24, 2.45) is 0 Å². The smallest absolute Gasteiger partial charge is 0.103 e. The van der Waals surface area contributed by atoms with Crippen LogP contribution in [0.4, 0.5) is 0 Å². The van der Waals surface area contributed by atoms with E-state index in [1.165, 1.54) is 5.56 Å².